The quantitative estimate of drug-likeness (QED) is 0.236. The van der Waals surface area contributed by atoms with Crippen molar-refractivity contribution >= 4 is 10.1 Å². The van der Waals surface area contributed by atoms with Crippen molar-refractivity contribution in [2.24, 2.45) is 0 Å². The van der Waals surface area contributed by atoms with Crippen LogP contribution in [0.15, 0.2) is 0 Å². The zero-order valence-corrected chi connectivity index (χ0v) is 19.7. The molecule has 0 aliphatic carbocycles. The van der Waals surface area contributed by atoms with Gasteiger partial charge in [0, 0.05) is 0 Å². The molecule has 0 radical (unpaired) electrons. The van der Waals surface area contributed by atoms with E-state index in [1.807, 2.05) is 0 Å². The van der Waals surface area contributed by atoms with Gasteiger partial charge in [0.1, 0.15) is 0 Å². The second-order valence-electron chi connectivity index (χ2n) is 7.12. The van der Waals surface area contributed by atoms with Crippen molar-refractivity contribution < 1.29 is 47.6 Å². The minimum atomic E-state index is -4.31. The summed E-state index contributed by atoms with van der Waals surface area (Å²) in [6.45, 7) is 4.32. The third kappa shape index (κ3) is 18.0. The average Bonchev–Trinajstić information content (AvgIpc) is 2.52. The Balaban J connectivity index is 0. The van der Waals surface area contributed by atoms with Crippen LogP contribution in [0.3, 0.4) is 0 Å². The first-order valence-corrected chi connectivity index (χ1v) is 11.5. The van der Waals surface area contributed by atoms with Gasteiger partial charge in [-0.25, -0.2) is 8.42 Å². The van der Waals surface area contributed by atoms with Gasteiger partial charge in [-0.2, -0.15) is 0 Å². The van der Waals surface area contributed by atoms with Crippen LogP contribution in [0.4, 0.5) is 0 Å². The molecule has 0 heterocycles. The summed E-state index contributed by atoms with van der Waals surface area (Å²) in [5.74, 6) is 0. The molecule has 25 heavy (non-hydrogen) atoms. The van der Waals surface area contributed by atoms with E-state index in [1.165, 1.54) is 32.1 Å². The van der Waals surface area contributed by atoms with Crippen molar-refractivity contribution in [3.63, 3.8) is 0 Å². The van der Waals surface area contributed by atoms with Gasteiger partial charge in [0.2, 0.25) is 0 Å². The molecule has 0 saturated carbocycles. The summed E-state index contributed by atoms with van der Waals surface area (Å²) in [7, 11) is -4.31. The molecular weight excluding hydrogens is 347 g/mol. The molecule has 0 rings (SSSR count). The minimum absolute atomic E-state index is 0. The first-order valence-electron chi connectivity index (χ1n) is 10.0. The summed E-state index contributed by atoms with van der Waals surface area (Å²) in [6, 6.07) is 0. The number of aliphatic hydroxyl groups is 1. The summed E-state index contributed by atoms with van der Waals surface area (Å²) >= 11 is 0. The van der Waals surface area contributed by atoms with E-state index in [-0.39, 0.29) is 36.0 Å². The molecular formula is C19H39NaO4S. The summed E-state index contributed by atoms with van der Waals surface area (Å²) in [4.78, 5) is 0. The van der Waals surface area contributed by atoms with Crippen molar-refractivity contribution in [3.8, 4) is 0 Å². The summed E-state index contributed by atoms with van der Waals surface area (Å²) < 4.78 is 34.2. The SMILES string of the molecule is CCCCCCCCCCC(CC(O)CCCCCC)S(=O)(=O)[O-].[Na+]. The van der Waals surface area contributed by atoms with Crippen LogP contribution in [0.5, 0.6) is 0 Å². The second-order valence-corrected chi connectivity index (χ2v) is 8.77. The van der Waals surface area contributed by atoms with Crippen LogP contribution in [0.1, 0.15) is 110 Å². The van der Waals surface area contributed by atoms with Crippen LogP contribution in [-0.2, 0) is 10.1 Å². The topological polar surface area (TPSA) is 77.4 Å². The largest absolute Gasteiger partial charge is 1.00 e. The molecule has 2 unspecified atom stereocenters. The first-order chi connectivity index (χ1) is 11.4. The normalized spacial score (nSPS) is 14.1. The monoisotopic (exact) mass is 386 g/mol. The van der Waals surface area contributed by atoms with Gasteiger partial charge in [0.25, 0.3) is 0 Å². The molecule has 0 fully saturated rings. The van der Waals surface area contributed by atoms with E-state index < -0.39 is 21.5 Å². The zero-order valence-electron chi connectivity index (χ0n) is 16.8. The van der Waals surface area contributed by atoms with E-state index in [0.717, 1.165) is 44.9 Å². The Bertz CT molecular complexity index is 374. The number of hydrogen-bond donors (Lipinski definition) is 1. The molecule has 0 aliphatic heterocycles. The van der Waals surface area contributed by atoms with E-state index in [0.29, 0.717) is 12.8 Å². The third-order valence-corrected chi connectivity index (χ3v) is 5.96. The molecule has 1 N–H and O–H groups in total. The minimum Gasteiger partial charge on any atom is -0.748 e. The van der Waals surface area contributed by atoms with Crippen LogP contribution in [0.2, 0.25) is 0 Å². The third-order valence-electron chi connectivity index (χ3n) is 4.71. The average molecular weight is 387 g/mol. The molecule has 0 bridgehead atoms. The Morgan fingerprint density at radius 3 is 1.64 bits per heavy atom. The van der Waals surface area contributed by atoms with Crippen LogP contribution in [0.25, 0.3) is 0 Å². The molecule has 4 nitrogen and oxygen atoms in total. The molecule has 0 aromatic rings. The molecule has 0 amide bonds. The van der Waals surface area contributed by atoms with Crippen LogP contribution in [0, 0.1) is 0 Å². The summed E-state index contributed by atoms with van der Waals surface area (Å²) in [5, 5.41) is 9.08. The summed E-state index contributed by atoms with van der Waals surface area (Å²) in [6.07, 6.45) is 13.7. The number of rotatable bonds is 17. The number of hydrogen-bond acceptors (Lipinski definition) is 4. The van der Waals surface area contributed by atoms with Gasteiger partial charge >= 0.3 is 29.6 Å². The Morgan fingerprint density at radius 1 is 0.760 bits per heavy atom. The van der Waals surface area contributed by atoms with Crippen molar-refractivity contribution in [2.45, 2.75) is 122 Å². The van der Waals surface area contributed by atoms with E-state index in [4.69, 9.17) is 0 Å². The van der Waals surface area contributed by atoms with Crippen molar-refractivity contribution in [1.29, 1.82) is 0 Å². The molecule has 0 spiro atoms. The maximum Gasteiger partial charge on any atom is 1.00 e. The fourth-order valence-electron chi connectivity index (χ4n) is 3.11. The Hall–Kier alpha value is 0.870. The summed E-state index contributed by atoms with van der Waals surface area (Å²) in [5.41, 5.74) is 0. The fourth-order valence-corrected chi connectivity index (χ4v) is 4.03. The molecule has 2 atom stereocenters. The first kappa shape index (κ1) is 28.1. The van der Waals surface area contributed by atoms with Gasteiger partial charge in [-0.15, -0.1) is 0 Å². The standard InChI is InChI=1S/C19H40O4S.Na/c1-3-5-7-9-10-11-12-14-16-19(24(21,22)23)17-18(20)15-13-8-6-4-2;/h18-20H,3-17H2,1-2H3,(H,21,22,23);/q;+1/p-1. The molecule has 0 aliphatic rings. The van der Waals surface area contributed by atoms with Crippen LogP contribution >= 0.6 is 0 Å². The Morgan fingerprint density at radius 2 is 1.16 bits per heavy atom. The predicted octanol–water partition coefficient (Wildman–Crippen LogP) is 2.16. The molecule has 0 saturated heterocycles. The van der Waals surface area contributed by atoms with Gasteiger partial charge in [-0.1, -0.05) is 90.9 Å². The smallest absolute Gasteiger partial charge is 0.748 e. The van der Waals surface area contributed by atoms with Crippen LogP contribution in [-0.4, -0.2) is 29.4 Å². The maximum atomic E-state index is 11.4. The Labute approximate surface area is 178 Å². The van der Waals surface area contributed by atoms with Gasteiger partial charge in [0.05, 0.1) is 21.5 Å². The van der Waals surface area contributed by atoms with Gasteiger partial charge in [-0.05, 0) is 19.3 Å². The molecule has 0 aromatic heterocycles. The molecule has 146 valence electrons. The van der Waals surface area contributed by atoms with Crippen molar-refractivity contribution in [1.82, 2.24) is 0 Å². The number of aliphatic hydroxyl groups excluding tert-OH is 1. The van der Waals surface area contributed by atoms with E-state index in [9.17, 15) is 18.1 Å². The van der Waals surface area contributed by atoms with Gasteiger partial charge in [-0.3, -0.25) is 0 Å². The molecule has 6 heteroatoms. The van der Waals surface area contributed by atoms with Crippen LogP contribution < -0.4 is 29.6 Å². The van der Waals surface area contributed by atoms with E-state index in [2.05, 4.69) is 13.8 Å². The fraction of sp³-hybridized carbons (Fsp3) is 1.00. The van der Waals surface area contributed by atoms with E-state index >= 15 is 0 Å². The van der Waals surface area contributed by atoms with Crippen molar-refractivity contribution in [3.05, 3.63) is 0 Å². The van der Waals surface area contributed by atoms with Gasteiger partial charge in [0.15, 0.2) is 0 Å². The predicted molar refractivity (Wildman–Crippen MR) is 100 cm³/mol. The second kappa shape index (κ2) is 18.2. The number of unbranched alkanes of at least 4 members (excludes halogenated alkanes) is 10. The van der Waals surface area contributed by atoms with Crippen molar-refractivity contribution in [2.75, 3.05) is 0 Å². The zero-order chi connectivity index (χ0) is 18.3. The van der Waals surface area contributed by atoms with E-state index in [1.54, 1.807) is 0 Å². The van der Waals surface area contributed by atoms with Gasteiger partial charge < -0.3 is 9.66 Å². The maximum absolute atomic E-state index is 11.4. The Kier molecular flexibility index (Phi) is 20.5. The molecule has 0 aromatic carbocycles.